The lowest BCUT2D eigenvalue weighted by molar-refractivity contribution is -0.0788. The van der Waals surface area contributed by atoms with Crippen LogP contribution in [0.5, 0.6) is 0 Å². The lowest BCUT2D eigenvalue weighted by atomic mass is 10.0. The molecule has 35 heavy (non-hydrogen) atoms. The molecule has 0 saturated carbocycles. The van der Waals surface area contributed by atoms with Crippen molar-refractivity contribution >= 4 is 35.0 Å². The summed E-state index contributed by atoms with van der Waals surface area (Å²) < 4.78 is 18.4. The zero-order valence-corrected chi connectivity index (χ0v) is 19.8. The van der Waals surface area contributed by atoms with Crippen LogP contribution in [0.25, 0.3) is 5.57 Å². The van der Waals surface area contributed by atoms with Crippen molar-refractivity contribution < 1.29 is 23.8 Å². The quantitative estimate of drug-likeness (QED) is 0.631. The monoisotopic (exact) mass is 480 g/mol. The molecule has 1 atom stereocenters. The number of ether oxygens (including phenoxy) is 1. The van der Waals surface area contributed by atoms with Crippen molar-refractivity contribution in [3.63, 3.8) is 0 Å². The molecule has 2 N–H and O–H groups in total. The normalized spacial score (nSPS) is 18.2. The average Bonchev–Trinajstić information content (AvgIpc) is 2.89. The second-order valence-electron chi connectivity index (χ2n) is 8.86. The molecule has 1 unspecified atom stereocenters. The molecule has 0 radical (unpaired) electrons. The first-order valence-electron chi connectivity index (χ1n) is 11.5. The van der Waals surface area contributed by atoms with Gasteiger partial charge in [-0.15, -0.1) is 0 Å². The molecule has 0 bridgehead atoms. The van der Waals surface area contributed by atoms with E-state index in [1.807, 2.05) is 20.3 Å². The number of hydrogen-bond acceptors (Lipinski definition) is 7. The number of piperidine rings is 1. The van der Waals surface area contributed by atoms with Crippen LogP contribution in [-0.4, -0.2) is 62.5 Å². The second-order valence-corrected chi connectivity index (χ2v) is 8.86. The Kier molecular flexibility index (Phi) is 7.45. The molecular weight excluding hydrogens is 451 g/mol. The number of nitrogens with two attached hydrogens (primary N) is 1. The van der Waals surface area contributed by atoms with Gasteiger partial charge in [-0.1, -0.05) is 18.2 Å². The van der Waals surface area contributed by atoms with Crippen molar-refractivity contribution in [3.05, 3.63) is 65.2 Å². The fourth-order valence-electron chi connectivity index (χ4n) is 4.24. The predicted octanol–water partition coefficient (Wildman–Crippen LogP) is 3.88. The summed E-state index contributed by atoms with van der Waals surface area (Å²) >= 11 is 0. The van der Waals surface area contributed by atoms with Gasteiger partial charge in [-0.25, -0.2) is 9.74 Å². The van der Waals surface area contributed by atoms with Crippen molar-refractivity contribution in [2.75, 3.05) is 37.8 Å². The highest BCUT2D eigenvalue weighted by atomic mass is 19.3. The third kappa shape index (κ3) is 5.68. The number of hydrogen-bond donors (Lipinski definition) is 1. The maximum Gasteiger partial charge on any atom is 0.379 e. The summed E-state index contributed by atoms with van der Waals surface area (Å²) in [5.41, 5.74) is 9.57. The van der Waals surface area contributed by atoms with Gasteiger partial charge in [0.1, 0.15) is 0 Å². The van der Waals surface area contributed by atoms with Crippen molar-refractivity contribution in [2.45, 2.75) is 31.6 Å². The highest BCUT2D eigenvalue weighted by Crippen LogP contribution is 2.25. The van der Waals surface area contributed by atoms with Crippen molar-refractivity contribution in [2.24, 2.45) is 4.99 Å². The number of halogens is 1. The molecule has 1 saturated heterocycles. The van der Waals surface area contributed by atoms with Gasteiger partial charge in [0.15, 0.2) is 6.23 Å². The third-order valence-electron chi connectivity index (χ3n) is 6.30. The number of anilines is 2. The fourth-order valence-corrected chi connectivity index (χ4v) is 4.24. The Morgan fingerprint density at radius 2 is 1.83 bits per heavy atom. The highest BCUT2D eigenvalue weighted by molar-refractivity contribution is 6.10. The van der Waals surface area contributed by atoms with E-state index in [0.29, 0.717) is 32.4 Å². The summed E-state index contributed by atoms with van der Waals surface area (Å²) in [7, 11) is 4.02. The smallest absolute Gasteiger partial charge is 0.379 e. The summed E-state index contributed by atoms with van der Waals surface area (Å²) in [6, 6.07) is 12.3. The summed E-state index contributed by atoms with van der Waals surface area (Å²) in [4.78, 5) is 35.9. The van der Waals surface area contributed by atoms with E-state index in [-0.39, 0.29) is 35.1 Å². The third-order valence-corrected chi connectivity index (χ3v) is 6.30. The molecule has 2 aliphatic rings. The van der Waals surface area contributed by atoms with Crippen molar-refractivity contribution in [3.8, 4) is 0 Å². The van der Waals surface area contributed by atoms with E-state index in [0.717, 1.165) is 16.8 Å². The topological polar surface area (TPSA) is 97.5 Å². The molecular formula is C26H29FN4O4. The maximum atomic E-state index is 12.9. The SMILES string of the molecule is CN(C)c1ccc(C2=CCC(OC3CCN(C(=O)c4cc(C(=O)OF)ccc4N)CC3)N=C2)cc1. The molecule has 0 spiro atoms. The number of dihydropyridines is 1. The highest BCUT2D eigenvalue weighted by Gasteiger charge is 2.27. The van der Waals surface area contributed by atoms with Crippen LogP contribution in [0.2, 0.25) is 0 Å². The van der Waals surface area contributed by atoms with Crippen LogP contribution < -0.4 is 10.6 Å². The second kappa shape index (κ2) is 10.7. The Hall–Kier alpha value is -3.72. The predicted molar refractivity (Wildman–Crippen MR) is 133 cm³/mol. The molecule has 2 aliphatic heterocycles. The number of benzene rings is 2. The first-order chi connectivity index (χ1) is 16.9. The standard InChI is InChI=1S/C26H29FN4O4/c1-30(2)20-7-3-17(4-8-20)19-6-10-24(29-16-19)34-21-11-13-31(14-12-21)25(32)22-15-18(26(33)35-27)5-9-23(22)28/h3-9,15-16,21,24H,10-14,28H2,1-2H3. The zero-order chi connectivity index (χ0) is 24.9. The number of likely N-dealkylation sites (tertiary alicyclic amines) is 1. The van der Waals surface area contributed by atoms with Gasteiger partial charge in [-0.2, -0.15) is 0 Å². The van der Waals surface area contributed by atoms with Crippen molar-refractivity contribution in [1.29, 1.82) is 0 Å². The molecule has 1 amide bonds. The summed E-state index contributed by atoms with van der Waals surface area (Å²) in [6.07, 6.45) is 5.74. The number of rotatable bonds is 6. The number of amides is 1. The largest absolute Gasteiger partial charge is 0.398 e. The molecule has 4 rings (SSSR count). The lowest BCUT2D eigenvalue weighted by Crippen LogP contribution is -2.42. The fraction of sp³-hybridized carbons (Fsp3) is 0.346. The van der Waals surface area contributed by atoms with Gasteiger partial charge in [0, 0.05) is 55.7 Å². The van der Waals surface area contributed by atoms with Crippen LogP contribution in [0.15, 0.2) is 53.5 Å². The summed E-state index contributed by atoms with van der Waals surface area (Å²) in [5, 5.41) is 0. The molecule has 2 aromatic carbocycles. The first-order valence-corrected chi connectivity index (χ1v) is 11.5. The van der Waals surface area contributed by atoms with E-state index < -0.39 is 5.97 Å². The van der Waals surface area contributed by atoms with Gasteiger partial charge in [0.05, 0.1) is 17.2 Å². The van der Waals surface area contributed by atoms with Crippen LogP contribution in [0, 0.1) is 0 Å². The van der Waals surface area contributed by atoms with Crippen molar-refractivity contribution in [1.82, 2.24) is 4.90 Å². The molecule has 2 heterocycles. The average molecular weight is 481 g/mol. The van der Waals surface area contributed by atoms with Gasteiger partial charge in [0.25, 0.3) is 5.91 Å². The number of carbonyl (C=O) groups is 2. The minimum atomic E-state index is -1.16. The van der Waals surface area contributed by atoms with Crippen LogP contribution in [0.3, 0.4) is 0 Å². The van der Waals surface area contributed by atoms with E-state index in [4.69, 9.17) is 10.5 Å². The molecule has 0 aliphatic carbocycles. The molecule has 0 aromatic heterocycles. The number of aliphatic imine (C=N–C) groups is 1. The van der Waals surface area contributed by atoms with Crippen LogP contribution in [-0.2, 0) is 9.68 Å². The maximum absolute atomic E-state index is 12.9. The van der Waals surface area contributed by atoms with Crippen LogP contribution >= 0.6 is 0 Å². The van der Waals surface area contributed by atoms with E-state index in [9.17, 15) is 14.1 Å². The van der Waals surface area contributed by atoms with E-state index in [2.05, 4.69) is 45.2 Å². The van der Waals surface area contributed by atoms with Gasteiger partial charge >= 0.3 is 5.97 Å². The Bertz CT molecular complexity index is 1140. The molecule has 1 fully saturated rings. The number of allylic oxidation sites excluding steroid dienone is 1. The number of carbonyl (C=O) groups excluding carboxylic acids is 2. The molecule has 2 aromatic rings. The van der Waals surface area contributed by atoms with Gasteiger partial charge in [0.2, 0.25) is 0 Å². The van der Waals surface area contributed by atoms with Crippen LogP contribution in [0.4, 0.5) is 15.9 Å². The van der Waals surface area contributed by atoms with Gasteiger partial charge in [-0.3, -0.25) is 9.79 Å². The van der Waals surface area contributed by atoms with Gasteiger partial charge in [-0.05, 0) is 54.3 Å². The van der Waals surface area contributed by atoms with Crippen LogP contribution in [0.1, 0.15) is 45.5 Å². The summed E-state index contributed by atoms with van der Waals surface area (Å²) in [6.45, 7) is 0.965. The molecule has 8 nitrogen and oxygen atoms in total. The Balaban J connectivity index is 1.29. The van der Waals surface area contributed by atoms with Gasteiger partial charge < -0.3 is 20.3 Å². The van der Waals surface area contributed by atoms with E-state index in [1.165, 1.54) is 18.2 Å². The molecule has 184 valence electrons. The molecule has 9 heteroatoms. The Labute approximate surface area is 203 Å². The minimum Gasteiger partial charge on any atom is -0.398 e. The number of nitrogen functional groups attached to an aromatic ring is 1. The summed E-state index contributed by atoms with van der Waals surface area (Å²) in [5.74, 6) is -1.47. The lowest BCUT2D eigenvalue weighted by Gasteiger charge is -2.33. The Morgan fingerprint density at radius 3 is 2.43 bits per heavy atom. The number of nitrogens with zero attached hydrogens (tertiary/aromatic N) is 3. The first kappa shape index (κ1) is 24.4. The Morgan fingerprint density at radius 1 is 1.11 bits per heavy atom. The zero-order valence-electron chi connectivity index (χ0n) is 19.8. The minimum absolute atomic E-state index is 0.0132. The van der Waals surface area contributed by atoms with E-state index in [1.54, 1.807) is 4.90 Å². The van der Waals surface area contributed by atoms with E-state index >= 15 is 0 Å².